The molecule has 4 nitrogen and oxygen atoms in total. The van der Waals surface area contributed by atoms with Crippen molar-refractivity contribution in [1.82, 2.24) is 0 Å². The molecule has 1 aromatic heterocycles. The molecule has 0 aliphatic heterocycles. The molecule has 1 aliphatic carbocycles. The van der Waals surface area contributed by atoms with E-state index in [1.807, 2.05) is 69.3 Å². The summed E-state index contributed by atoms with van der Waals surface area (Å²) >= 11 is 1.29. The third kappa shape index (κ3) is 5.39. The molecule has 0 fully saturated rings. The summed E-state index contributed by atoms with van der Waals surface area (Å²) in [6.45, 7) is 5.95. The number of hydrogen-bond donors (Lipinski definition) is 2. The lowest BCUT2D eigenvalue weighted by Crippen LogP contribution is -2.05. The van der Waals surface area contributed by atoms with Gasteiger partial charge in [0.2, 0.25) is 8.03 Å². The van der Waals surface area contributed by atoms with Crippen molar-refractivity contribution in [2.75, 3.05) is 0 Å². The second-order valence-electron chi connectivity index (χ2n) is 6.08. The van der Waals surface area contributed by atoms with Gasteiger partial charge in [-0.1, -0.05) is 55.5 Å². The van der Waals surface area contributed by atoms with Crippen LogP contribution in [-0.2, 0) is 4.57 Å². The van der Waals surface area contributed by atoms with E-state index in [4.69, 9.17) is 10.00 Å². The Hall–Kier alpha value is -2.20. The van der Waals surface area contributed by atoms with E-state index in [0.717, 1.165) is 16.0 Å². The van der Waals surface area contributed by atoms with Gasteiger partial charge < -0.3 is 10.00 Å². The zero-order valence-electron chi connectivity index (χ0n) is 15.5. The lowest BCUT2D eigenvalue weighted by Gasteiger charge is -2.21. The molecule has 0 bridgehead atoms. The van der Waals surface area contributed by atoms with Gasteiger partial charge in [0.15, 0.2) is 0 Å². The van der Waals surface area contributed by atoms with Gasteiger partial charge in [-0.2, -0.15) is 0 Å². The second-order valence-corrected chi connectivity index (χ2v) is 8.35. The quantitative estimate of drug-likeness (QED) is 0.618. The number of rotatable bonds is 3. The maximum atomic E-state index is 11.0. The van der Waals surface area contributed by atoms with E-state index in [-0.39, 0.29) is 5.92 Å². The minimum atomic E-state index is -2.52. The Morgan fingerprint density at radius 2 is 1.81 bits per heavy atom. The molecule has 2 atom stereocenters. The molecule has 2 N–H and O–H groups in total. The van der Waals surface area contributed by atoms with Gasteiger partial charge in [0, 0.05) is 16.1 Å². The number of carbonyl (C=O) groups is 1. The Bertz CT molecular complexity index is 923. The minimum absolute atomic E-state index is 0.0892. The van der Waals surface area contributed by atoms with Crippen LogP contribution in [0.25, 0.3) is 10.4 Å². The van der Waals surface area contributed by atoms with Crippen LogP contribution in [-0.4, -0.2) is 16.0 Å². The van der Waals surface area contributed by atoms with Crippen LogP contribution >= 0.6 is 19.4 Å². The summed E-state index contributed by atoms with van der Waals surface area (Å²) in [6.07, 6.45) is 5.69. The van der Waals surface area contributed by atoms with E-state index in [2.05, 4.69) is 0 Å². The Kier molecular flexibility index (Phi) is 7.55. The van der Waals surface area contributed by atoms with Crippen LogP contribution in [0.5, 0.6) is 0 Å². The van der Waals surface area contributed by atoms with Gasteiger partial charge in [0.25, 0.3) is 0 Å². The molecule has 2 unspecified atom stereocenters. The van der Waals surface area contributed by atoms with Crippen molar-refractivity contribution >= 4 is 25.3 Å². The summed E-state index contributed by atoms with van der Waals surface area (Å²) in [7, 11) is -2.52. The van der Waals surface area contributed by atoms with Gasteiger partial charge in [0.1, 0.15) is 4.88 Å². The average Bonchev–Trinajstić information content (AvgIpc) is 3.14. The first-order valence-corrected chi connectivity index (χ1v) is 10.7. The van der Waals surface area contributed by atoms with Crippen LogP contribution in [0.4, 0.5) is 0 Å². The van der Waals surface area contributed by atoms with Crippen LogP contribution in [0.2, 0.25) is 0 Å². The first-order chi connectivity index (χ1) is 12.8. The standard InChI is InChI=1S/C11H8O2S.C10H15O2P/c12-11(13)10-7-6-9(14-10)8-4-2-1-3-5-8;1-4-9-7(2)5-6-10(8(9)3)13(11)12/h1-7H,(H,12,13);4-6,8,13H,1-3H3,(H,11,12). The van der Waals surface area contributed by atoms with E-state index in [1.54, 1.807) is 12.1 Å². The Morgan fingerprint density at radius 3 is 2.33 bits per heavy atom. The number of thiophene rings is 1. The molecule has 6 heteroatoms. The molecule has 27 heavy (non-hydrogen) atoms. The molecule has 1 aromatic carbocycles. The number of carboxylic acid groups (broad SMARTS) is 1. The molecule has 0 amide bonds. The molecule has 1 heterocycles. The van der Waals surface area contributed by atoms with Crippen molar-refractivity contribution in [1.29, 1.82) is 0 Å². The highest BCUT2D eigenvalue weighted by atomic mass is 32.1. The van der Waals surface area contributed by atoms with Crippen LogP contribution in [0.15, 0.2) is 77.2 Å². The zero-order valence-corrected chi connectivity index (χ0v) is 17.3. The van der Waals surface area contributed by atoms with Crippen molar-refractivity contribution in [2.45, 2.75) is 20.8 Å². The molecule has 0 saturated heterocycles. The fourth-order valence-electron chi connectivity index (χ4n) is 2.91. The van der Waals surface area contributed by atoms with Crippen molar-refractivity contribution in [3.63, 3.8) is 0 Å². The summed E-state index contributed by atoms with van der Waals surface area (Å²) in [5.41, 5.74) is 3.40. The lowest BCUT2D eigenvalue weighted by atomic mass is 9.90. The molecular weight excluding hydrogens is 379 g/mol. The van der Waals surface area contributed by atoms with E-state index in [1.165, 1.54) is 16.9 Å². The largest absolute Gasteiger partial charge is 0.477 e. The first kappa shape index (κ1) is 21.1. The molecule has 0 radical (unpaired) electrons. The molecule has 0 spiro atoms. The van der Waals surface area contributed by atoms with E-state index in [9.17, 15) is 9.36 Å². The smallest absolute Gasteiger partial charge is 0.345 e. The van der Waals surface area contributed by atoms with Gasteiger partial charge in [-0.3, -0.25) is 4.57 Å². The molecule has 0 saturated carbocycles. The highest BCUT2D eigenvalue weighted by Crippen LogP contribution is 2.41. The summed E-state index contributed by atoms with van der Waals surface area (Å²) < 4.78 is 11.0. The van der Waals surface area contributed by atoms with Crippen LogP contribution < -0.4 is 0 Å². The number of carboxylic acids is 1. The highest BCUT2D eigenvalue weighted by molar-refractivity contribution is 7.43. The third-order valence-corrected chi connectivity index (χ3v) is 6.55. The Morgan fingerprint density at radius 1 is 1.15 bits per heavy atom. The minimum Gasteiger partial charge on any atom is -0.477 e. The van der Waals surface area contributed by atoms with E-state index >= 15 is 0 Å². The van der Waals surface area contributed by atoms with Gasteiger partial charge in [0.05, 0.1) is 0 Å². The first-order valence-electron chi connectivity index (χ1n) is 8.52. The van der Waals surface area contributed by atoms with Crippen molar-refractivity contribution < 1.29 is 19.4 Å². The topological polar surface area (TPSA) is 74.6 Å². The van der Waals surface area contributed by atoms with Gasteiger partial charge in [-0.15, -0.1) is 11.3 Å². The Labute approximate surface area is 164 Å². The van der Waals surface area contributed by atoms with E-state index < -0.39 is 14.0 Å². The summed E-state index contributed by atoms with van der Waals surface area (Å²) in [5.74, 6) is -0.774. The fourth-order valence-corrected chi connectivity index (χ4v) is 4.51. The monoisotopic (exact) mass is 402 g/mol. The SMILES string of the molecule is CC=C1C(C)=CC=C([PH](=O)O)C1C.O=C(O)c1ccc(-c2ccccc2)s1. The summed E-state index contributed by atoms with van der Waals surface area (Å²) in [6, 6.07) is 13.2. The van der Waals surface area contributed by atoms with Crippen molar-refractivity contribution in [3.8, 4) is 10.4 Å². The molecule has 1 aliphatic rings. The van der Waals surface area contributed by atoms with Gasteiger partial charge in [-0.05, 0) is 42.7 Å². The number of benzene rings is 1. The fraction of sp³-hybridized carbons (Fsp3) is 0.190. The lowest BCUT2D eigenvalue weighted by molar-refractivity contribution is 0.0702. The maximum Gasteiger partial charge on any atom is 0.345 e. The predicted octanol–water partition coefficient (Wildman–Crippen LogP) is 5.99. The predicted molar refractivity (Wildman–Crippen MR) is 113 cm³/mol. The normalized spacial score (nSPS) is 18.8. The summed E-state index contributed by atoms with van der Waals surface area (Å²) in [4.78, 5) is 21.1. The molecule has 142 valence electrons. The van der Waals surface area contributed by atoms with Gasteiger partial charge in [-0.25, -0.2) is 4.79 Å². The van der Waals surface area contributed by atoms with Crippen molar-refractivity contribution in [2.24, 2.45) is 5.92 Å². The number of aromatic carboxylic acids is 1. The number of hydrogen-bond acceptors (Lipinski definition) is 3. The summed E-state index contributed by atoms with van der Waals surface area (Å²) in [5, 5.41) is 9.41. The van der Waals surface area contributed by atoms with Crippen molar-refractivity contribution in [3.05, 3.63) is 82.0 Å². The molecule has 2 aromatic rings. The van der Waals surface area contributed by atoms with Crippen LogP contribution in [0, 0.1) is 5.92 Å². The highest BCUT2D eigenvalue weighted by Gasteiger charge is 2.20. The number of allylic oxidation sites excluding steroid dienone is 6. The maximum absolute atomic E-state index is 11.0. The molecule has 3 rings (SSSR count). The average molecular weight is 402 g/mol. The van der Waals surface area contributed by atoms with Crippen LogP contribution in [0.3, 0.4) is 0 Å². The second kappa shape index (κ2) is 9.65. The Balaban J connectivity index is 0.000000194. The van der Waals surface area contributed by atoms with E-state index in [0.29, 0.717) is 10.2 Å². The molecular formula is C21H23O4PS. The zero-order chi connectivity index (χ0) is 20.0. The third-order valence-electron chi connectivity index (χ3n) is 4.33. The van der Waals surface area contributed by atoms with Crippen LogP contribution in [0.1, 0.15) is 30.4 Å². The van der Waals surface area contributed by atoms with Gasteiger partial charge >= 0.3 is 5.97 Å².